The average Bonchev–Trinajstić information content (AvgIpc) is 1.87. The summed E-state index contributed by atoms with van der Waals surface area (Å²) >= 11 is 0. The number of ether oxygens (including phenoxy) is 1. The van der Waals surface area contributed by atoms with Gasteiger partial charge in [0.25, 0.3) is 0 Å². The fraction of sp³-hybridized carbons (Fsp3) is 0.857. The van der Waals surface area contributed by atoms with Crippen LogP contribution < -0.4 is 5.73 Å². The van der Waals surface area contributed by atoms with E-state index in [1.807, 2.05) is 6.92 Å². The molecule has 2 N–H and O–H groups in total. The smallest absolute Gasteiger partial charge is 0.217 e. The molecule has 0 heterocycles. The third-order valence-electron chi connectivity index (χ3n) is 1.44. The molecule has 0 aromatic carbocycles. The van der Waals surface area contributed by atoms with E-state index in [2.05, 4.69) is 0 Å². The molecule has 3 nitrogen and oxygen atoms in total. The van der Waals surface area contributed by atoms with Crippen molar-refractivity contribution in [2.24, 2.45) is 5.73 Å². The van der Waals surface area contributed by atoms with Gasteiger partial charge in [0, 0.05) is 13.5 Å². The Morgan fingerprint density at radius 2 is 2.30 bits per heavy atom. The Morgan fingerprint density at radius 1 is 1.70 bits per heavy atom. The fourth-order valence-electron chi connectivity index (χ4n) is 0.682. The van der Waals surface area contributed by atoms with Crippen molar-refractivity contribution in [1.29, 1.82) is 0 Å². The molecule has 0 aliphatic carbocycles. The van der Waals surface area contributed by atoms with Crippen molar-refractivity contribution in [3.8, 4) is 0 Å². The van der Waals surface area contributed by atoms with Gasteiger partial charge in [-0.15, -0.1) is 0 Å². The molecule has 10 heavy (non-hydrogen) atoms. The van der Waals surface area contributed by atoms with Crippen LogP contribution in [0, 0.1) is 0 Å². The van der Waals surface area contributed by atoms with Crippen LogP contribution in [0.15, 0.2) is 0 Å². The second kappa shape index (κ2) is 5.23. The standard InChI is InChI=1S/C7H15NO2/c1-6(10-2)4-3-5-7(8)9/h6H,3-5H2,1-2H3,(H2,8,9). The summed E-state index contributed by atoms with van der Waals surface area (Å²) in [5.74, 6) is -0.233. The number of hydrogen-bond donors (Lipinski definition) is 1. The zero-order valence-electron chi connectivity index (χ0n) is 6.59. The quantitative estimate of drug-likeness (QED) is 0.618. The van der Waals surface area contributed by atoms with Gasteiger partial charge >= 0.3 is 0 Å². The highest BCUT2D eigenvalue weighted by Gasteiger charge is 1.99. The molecule has 1 amide bonds. The molecule has 0 aliphatic heterocycles. The van der Waals surface area contributed by atoms with Crippen LogP contribution in [0.2, 0.25) is 0 Å². The SMILES string of the molecule is COC(C)CCCC(N)=O. The summed E-state index contributed by atoms with van der Waals surface area (Å²) in [7, 11) is 1.66. The van der Waals surface area contributed by atoms with Crippen LogP contribution in [0.5, 0.6) is 0 Å². The predicted molar refractivity (Wildman–Crippen MR) is 39.5 cm³/mol. The van der Waals surface area contributed by atoms with Crippen LogP contribution in [0.25, 0.3) is 0 Å². The lowest BCUT2D eigenvalue weighted by Crippen LogP contribution is -2.12. The molecule has 0 saturated carbocycles. The van der Waals surface area contributed by atoms with Crippen molar-refractivity contribution in [3.05, 3.63) is 0 Å². The topological polar surface area (TPSA) is 52.3 Å². The van der Waals surface area contributed by atoms with E-state index < -0.39 is 0 Å². The number of primary amides is 1. The van der Waals surface area contributed by atoms with Gasteiger partial charge in [0.05, 0.1) is 6.10 Å². The normalized spacial score (nSPS) is 13.0. The number of amides is 1. The summed E-state index contributed by atoms with van der Waals surface area (Å²) in [6.07, 6.45) is 2.43. The van der Waals surface area contributed by atoms with Crippen LogP contribution in [0.4, 0.5) is 0 Å². The van der Waals surface area contributed by atoms with Gasteiger partial charge in [0.15, 0.2) is 0 Å². The minimum Gasteiger partial charge on any atom is -0.382 e. The molecule has 0 aromatic rings. The molecule has 0 fully saturated rings. The Hall–Kier alpha value is -0.570. The lowest BCUT2D eigenvalue weighted by Gasteiger charge is -2.06. The van der Waals surface area contributed by atoms with Crippen LogP contribution in [-0.4, -0.2) is 19.1 Å². The molecule has 0 bridgehead atoms. The Bertz CT molecular complexity index is 104. The molecule has 0 spiro atoms. The summed E-state index contributed by atoms with van der Waals surface area (Å²) in [6.45, 7) is 1.97. The van der Waals surface area contributed by atoms with Gasteiger partial charge < -0.3 is 10.5 Å². The van der Waals surface area contributed by atoms with Gasteiger partial charge in [-0.2, -0.15) is 0 Å². The van der Waals surface area contributed by atoms with E-state index in [-0.39, 0.29) is 12.0 Å². The van der Waals surface area contributed by atoms with Crippen molar-refractivity contribution in [2.45, 2.75) is 32.3 Å². The van der Waals surface area contributed by atoms with Crippen molar-refractivity contribution < 1.29 is 9.53 Å². The number of nitrogens with two attached hydrogens (primary N) is 1. The summed E-state index contributed by atoms with van der Waals surface area (Å²) in [5.41, 5.74) is 4.94. The maximum Gasteiger partial charge on any atom is 0.217 e. The van der Waals surface area contributed by atoms with Crippen LogP contribution >= 0.6 is 0 Å². The highest BCUT2D eigenvalue weighted by Crippen LogP contribution is 2.01. The van der Waals surface area contributed by atoms with Crippen LogP contribution in [0.3, 0.4) is 0 Å². The molecule has 60 valence electrons. The second-order valence-electron chi connectivity index (χ2n) is 2.40. The number of methoxy groups -OCH3 is 1. The average molecular weight is 145 g/mol. The monoisotopic (exact) mass is 145 g/mol. The van der Waals surface area contributed by atoms with Gasteiger partial charge in [-0.3, -0.25) is 4.79 Å². The van der Waals surface area contributed by atoms with Crippen molar-refractivity contribution >= 4 is 5.91 Å². The number of carbonyl (C=O) groups excluding carboxylic acids is 1. The van der Waals surface area contributed by atoms with Gasteiger partial charge in [-0.1, -0.05) is 0 Å². The summed E-state index contributed by atoms with van der Waals surface area (Å²) < 4.78 is 4.98. The first-order valence-electron chi connectivity index (χ1n) is 3.48. The molecule has 0 aromatic heterocycles. The summed E-state index contributed by atoms with van der Waals surface area (Å²) in [6, 6.07) is 0. The van der Waals surface area contributed by atoms with Crippen LogP contribution in [-0.2, 0) is 9.53 Å². The van der Waals surface area contributed by atoms with Gasteiger partial charge in [-0.05, 0) is 19.8 Å². The molecule has 3 heteroatoms. The van der Waals surface area contributed by atoms with E-state index in [1.165, 1.54) is 0 Å². The Labute approximate surface area is 61.5 Å². The lowest BCUT2D eigenvalue weighted by atomic mass is 10.2. The predicted octanol–water partition coefficient (Wildman–Crippen LogP) is 0.677. The molecule has 0 saturated heterocycles. The van der Waals surface area contributed by atoms with Crippen molar-refractivity contribution in [1.82, 2.24) is 0 Å². The van der Waals surface area contributed by atoms with Crippen molar-refractivity contribution in [3.63, 3.8) is 0 Å². The number of hydrogen-bond acceptors (Lipinski definition) is 2. The van der Waals surface area contributed by atoms with E-state index in [9.17, 15) is 4.79 Å². The molecular weight excluding hydrogens is 130 g/mol. The molecule has 0 rings (SSSR count). The van der Waals surface area contributed by atoms with E-state index in [4.69, 9.17) is 10.5 Å². The Balaban J connectivity index is 3.11. The largest absolute Gasteiger partial charge is 0.382 e. The molecule has 1 atom stereocenters. The minimum atomic E-state index is -0.233. The highest BCUT2D eigenvalue weighted by atomic mass is 16.5. The zero-order chi connectivity index (χ0) is 7.98. The fourth-order valence-corrected chi connectivity index (χ4v) is 0.682. The maximum atomic E-state index is 10.3. The van der Waals surface area contributed by atoms with Gasteiger partial charge in [0.2, 0.25) is 5.91 Å². The van der Waals surface area contributed by atoms with Crippen molar-refractivity contribution in [2.75, 3.05) is 7.11 Å². The van der Waals surface area contributed by atoms with Gasteiger partial charge in [0.1, 0.15) is 0 Å². The molecular formula is C7H15NO2. The number of carbonyl (C=O) groups is 1. The third kappa shape index (κ3) is 5.56. The first kappa shape index (κ1) is 9.43. The van der Waals surface area contributed by atoms with E-state index in [1.54, 1.807) is 7.11 Å². The maximum absolute atomic E-state index is 10.3. The first-order valence-corrected chi connectivity index (χ1v) is 3.48. The van der Waals surface area contributed by atoms with E-state index in [0.717, 1.165) is 12.8 Å². The third-order valence-corrected chi connectivity index (χ3v) is 1.44. The zero-order valence-corrected chi connectivity index (χ0v) is 6.59. The Morgan fingerprint density at radius 3 is 2.70 bits per heavy atom. The summed E-state index contributed by atoms with van der Waals surface area (Å²) in [5, 5.41) is 0. The molecule has 0 radical (unpaired) electrons. The second-order valence-corrected chi connectivity index (χ2v) is 2.40. The van der Waals surface area contributed by atoms with Gasteiger partial charge in [-0.25, -0.2) is 0 Å². The summed E-state index contributed by atoms with van der Waals surface area (Å²) in [4.78, 5) is 10.3. The number of rotatable bonds is 5. The molecule has 0 aliphatic rings. The molecule has 1 unspecified atom stereocenters. The lowest BCUT2D eigenvalue weighted by molar-refractivity contribution is -0.118. The first-order chi connectivity index (χ1) is 4.66. The Kier molecular flexibility index (Phi) is 4.94. The highest BCUT2D eigenvalue weighted by molar-refractivity contribution is 5.73. The van der Waals surface area contributed by atoms with E-state index in [0.29, 0.717) is 6.42 Å². The van der Waals surface area contributed by atoms with E-state index >= 15 is 0 Å². The minimum absolute atomic E-state index is 0.233. The van der Waals surface area contributed by atoms with Crippen LogP contribution in [0.1, 0.15) is 26.2 Å².